The van der Waals surface area contributed by atoms with Crippen molar-refractivity contribution in [2.45, 2.75) is 12.3 Å². The van der Waals surface area contributed by atoms with Gasteiger partial charge in [-0.3, -0.25) is 0 Å². The Kier molecular flexibility index (Phi) is 3.20. The lowest BCUT2D eigenvalue weighted by Gasteiger charge is -2.02. The molecule has 0 spiro atoms. The van der Waals surface area contributed by atoms with Gasteiger partial charge in [0.1, 0.15) is 5.69 Å². The SMILES string of the molecule is Brc1cc2ccccc2nc1-c1noc(C2CCNC2)n1. The van der Waals surface area contributed by atoms with E-state index < -0.39 is 0 Å². The van der Waals surface area contributed by atoms with Gasteiger partial charge in [0.2, 0.25) is 11.7 Å². The minimum atomic E-state index is 0.311. The first-order valence-corrected chi connectivity index (χ1v) is 7.70. The molecule has 1 N–H and O–H groups in total. The number of fused-ring (bicyclic) bond motifs is 1. The van der Waals surface area contributed by atoms with Crippen molar-refractivity contribution in [1.82, 2.24) is 20.4 Å². The van der Waals surface area contributed by atoms with Gasteiger partial charge in [0, 0.05) is 16.4 Å². The van der Waals surface area contributed by atoms with Gasteiger partial charge in [-0.1, -0.05) is 23.4 Å². The van der Waals surface area contributed by atoms with E-state index in [2.05, 4.69) is 36.4 Å². The Morgan fingerprint density at radius 2 is 2.14 bits per heavy atom. The Hall–Kier alpha value is -1.79. The van der Waals surface area contributed by atoms with Crippen LogP contribution >= 0.6 is 15.9 Å². The molecule has 0 saturated carbocycles. The Balaban J connectivity index is 1.77. The summed E-state index contributed by atoms with van der Waals surface area (Å²) >= 11 is 3.55. The van der Waals surface area contributed by atoms with E-state index in [9.17, 15) is 0 Å². The summed E-state index contributed by atoms with van der Waals surface area (Å²) in [7, 11) is 0. The highest BCUT2D eigenvalue weighted by molar-refractivity contribution is 9.10. The Morgan fingerprint density at radius 3 is 3.00 bits per heavy atom. The fourth-order valence-corrected chi connectivity index (χ4v) is 3.12. The third-order valence-electron chi connectivity index (χ3n) is 3.74. The molecular weight excluding hydrogens is 332 g/mol. The molecule has 0 amide bonds. The van der Waals surface area contributed by atoms with Gasteiger partial charge in [0.25, 0.3) is 0 Å². The Labute approximate surface area is 129 Å². The fraction of sp³-hybridized carbons (Fsp3) is 0.267. The zero-order valence-corrected chi connectivity index (χ0v) is 12.8. The predicted octanol–water partition coefficient (Wildman–Crippen LogP) is 3.12. The average molecular weight is 345 g/mol. The summed E-state index contributed by atoms with van der Waals surface area (Å²) in [6.45, 7) is 1.90. The summed E-state index contributed by atoms with van der Waals surface area (Å²) in [5.74, 6) is 1.54. The van der Waals surface area contributed by atoms with Gasteiger partial charge >= 0.3 is 0 Å². The van der Waals surface area contributed by atoms with E-state index in [1.807, 2.05) is 30.3 Å². The van der Waals surface area contributed by atoms with Crippen LogP contribution < -0.4 is 5.32 Å². The third kappa shape index (κ3) is 2.34. The third-order valence-corrected chi connectivity index (χ3v) is 4.35. The van der Waals surface area contributed by atoms with Crippen molar-refractivity contribution in [2.75, 3.05) is 13.1 Å². The van der Waals surface area contributed by atoms with Gasteiger partial charge in [0.15, 0.2) is 0 Å². The first-order valence-electron chi connectivity index (χ1n) is 6.91. The van der Waals surface area contributed by atoms with E-state index >= 15 is 0 Å². The summed E-state index contributed by atoms with van der Waals surface area (Å²) in [5, 5.41) is 8.48. The molecule has 0 radical (unpaired) electrons. The van der Waals surface area contributed by atoms with Crippen LogP contribution in [0.2, 0.25) is 0 Å². The molecule has 1 aliphatic heterocycles. The van der Waals surface area contributed by atoms with Gasteiger partial charge in [-0.05, 0) is 41.0 Å². The first kappa shape index (κ1) is 12.9. The number of aromatic nitrogens is 3. The van der Waals surface area contributed by atoms with Crippen molar-refractivity contribution in [3.63, 3.8) is 0 Å². The second kappa shape index (κ2) is 5.20. The number of hydrogen-bond donors (Lipinski definition) is 1. The zero-order chi connectivity index (χ0) is 14.2. The van der Waals surface area contributed by atoms with Crippen LogP contribution in [0.15, 0.2) is 39.3 Å². The van der Waals surface area contributed by atoms with Gasteiger partial charge in [-0.2, -0.15) is 4.98 Å². The molecule has 5 nitrogen and oxygen atoms in total. The highest BCUT2D eigenvalue weighted by atomic mass is 79.9. The van der Waals surface area contributed by atoms with Crippen molar-refractivity contribution in [1.29, 1.82) is 0 Å². The van der Waals surface area contributed by atoms with E-state index in [4.69, 9.17) is 4.52 Å². The van der Waals surface area contributed by atoms with E-state index in [1.54, 1.807) is 0 Å². The minimum absolute atomic E-state index is 0.311. The molecule has 2 aromatic heterocycles. The normalized spacial score (nSPS) is 18.4. The lowest BCUT2D eigenvalue weighted by atomic mass is 10.1. The van der Waals surface area contributed by atoms with Gasteiger partial charge in [-0.25, -0.2) is 4.98 Å². The fourth-order valence-electron chi connectivity index (χ4n) is 2.61. The maximum atomic E-state index is 5.41. The van der Waals surface area contributed by atoms with E-state index in [0.717, 1.165) is 40.6 Å². The number of nitrogens with zero attached hydrogens (tertiary/aromatic N) is 3. The van der Waals surface area contributed by atoms with Crippen molar-refractivity contribution in [2.24, 2.45) is 0 Å². The molecule has 21 heavy (non-hydrogen) atoms. The Morgan fingerprint density at radius 1 is 1.24 bits per heavy atom. The standard InChI is InChI=1S/C15H13BrN4O/c16-11-7-9-3-1-2-4-12(9)18-13(11)14-19-15(21-20-14)10-5-6-17-8-10/h1-4,7,10,17H,5-6,8H2. The molecule has 0 bridgehead atoms. The van der Waals surface area contributed by atoms with Crippen molar-refractivity contribution in [3.05, 3.63) is 40.7 Å². The van der Waals surface area contributed by atoms with Crippen molar-refractivity contribution in [3.8, 4) is 11.5 Å². The van der Waals surface area contributed by atoms with Crippen LogP contribution in [0.5, 0.6) is 0 Å². The topological polar surface area (TPSA) is 63.8 Å². The summed E-state index contributed by atoms with van der Waals surface area (Å²) < 4.78 is 6.28. The molecule has 106 valence electrons. The molecule has 3 heterocycles. The highest BCUT2D eigenvalue weighted by Gasteiger charge is 2.24. The maximum Gasteiger partial charge on any atom is 0.231 e. The molecule has 1 atom stereocenters. The number of nitrogens with one attached hydrogen (secondary N) is 1. The summed E-state index contributed by atoms with van der Waals surface area (Å²) in [6.07, 6.45) is 1.04. The number of rotatable bonds is 2. The van der Waals surface area contributed by atoms with Crippen LogP contribution in [-0.2, 0) is 0 Å². The van der Waals surface area contributed by atoms with Crippen molar-refractivity contribution < 1.29 is 4.52 Å². The second-order valence-corrected chi connectivity index (χ2v) is 6.01. The predicted molar refractivity (Wildman–Crippen MR) is 83.0 cm³/mol. The number of para-hydroxylation sites is 1. The minimum Gasteiger partial charge on any atom is -0.339 e. The maximum absolute atomic E-state index is 5.41. The number of halogens is 1. The molecule has 1 aliphatic rings. The van der Waals surface area contributed by atoms with E-state index in [0.29, 0.717) is 17.6 Å². The lowest BCUT2D eigenvalue weighted by molar-refractivity contribution is 0.359. The molecule has 1 aromatic carbocycles. The molecule has 6 heteroatoms. The van der Waals surface area contributed by atoms with Crippen LogP contribution in [0.3, 0.4) is 0 Å². The van der Waals surface area contributed by atoms with Gasteiger partial charge in [-0.15, -0.1) is 0 Å². The quantitative estimate of drug-likeness (QED) is 0.773. The molecule has 4 rings (SSSR count). The van der Waals surface area contributed by atoms with Crippen LogP contribution in [0.1, 0.15) is 18.2 Å². The van der Waals surface area contributed by atoms with Crippen LogP contribution in [0, 0.1) is 0 Å². The number of hydrogen-bond acceptors (Lipinski definition) is 5. The summed E-state index contributed by atoms with van der Waals surface area (Å²) in [4.78, 5) is 9.16. The molecule has 0 aliphatic carbocycles. The van der Waals surface area contributed by atoms with E-state index in [1.165, 1.54) is 0 Å². The van der Waals surface area contributed by atoms with Gasteiger partial charge in [0.05, 0.1) is 11.4 Å². The van der Waals surface area contributed by atoms with Gasteiger partial charge < -0.3 is 9.84 Å². The molecule has 1 saturated heterocycles. The first-order chi connectivity index (χ1) is 10.3. The summed E-state index contributed by atoms with van der Waals surface area (Å²) in [6, 6.07) is 10.0. The van der Waals surface area contributed by atoms with E-state index in [-0.39, 0.29) is 0 Å². The smallest absolute Gasteiger partial charge is 0.231 e. The van der Waals surface area contributed by atoms with Crippen LogP contribution in [0.25, 0.3) is 22.4 Å². The number of pyridine rings is 1. The largest absolute Gasteiger partial charge is 0.339 e. The molecular formula is C15H13BrN4O. The molecule has 3 aromatic rings. The van der Waals surface area contributed by atoms with Crippen molar-refractivity contribution >= 4 is 26.8 Å². The average Bonchev–Trinajstić information content (AvgIpc) is 3.17. The lowest BCUT2D eigenvalue weighted by Crippen LogP contribution is -2.08. The van der Waals surface area contributed by atoms with Crippen LogP contribution in [0.4, 0.5) is 0 Å². The molecule has 1 fully saturated rings. The zero-order valence-electron chi connectivity index (χ0n) is 11.2. The second-order valence-electron chi connectivity index (χ2n) is 5.16. The highest BCUT2D eigenvalue weighted by Crippen LogP contribution is 2.29. The molecule has 1 unspecified atom stereocenters. The number of benzene rings is 1. The monoisotopic (exact) mass is 344 g/mol. The van der Waals surface area contributed by atoms with Crippen LogP contribution in [-0.4, -0.2) is 28.2 Å². The summed E-state index contributed by atoms with van der Waals surface area (Å²) in [5.41, 5.74) is 1.64. The Bertz CT molecular complexity index is 795.